The SMILES string of the molecule is Cc1nc(OCCCS(C)(=O)=O)ccc1-c1cccc2c1CC[C@H]2Oc1ccc(C2=CC(=O)NS2=O)cc1. The van der Waals surface area contributed by atoms with Crippen LogP contribution < -0.4 is 14.2 Å². The Morgan fingerprint density at radius 2 is 1.87 bits per heavy atom. The highest BCUT2D eigenvalue weighted by molar-refractivity contribution is 7.94. The van der Waals surface area contributed by atoms with Crippen LogP contribution >= 0.6 is 0 Å². The molecule has 0 bridgehead atoms. The summed E-state index contributed by atoms with van der Waals surface area (Å²) in [6, 6.07) is 17.3. The molecule has 1 aliphatic carbocycles. The zero-order chi connectivity index (χ0) is 26.9. The molecular weight excluding hydrogens is 524 g/mol. The van der Waals surface area contributed by atoms with Crippen LogP contribution in [-0.4, -0.2) is 42.1 Å². The van der Waals surface area contributed by atoms with Crippen LogP contribution in [0.4, 0.5) is 0 Å². The lowest BCUT2D eigenvalue weighted by molar-refractivity contribution is -0.114. The third kappa shape index (κ3) is 5.81. The van der Waals surface area contributed by atoms with Crippen LogP contribution in [0.1, 0.15) is 41.3 Å². The van der Waals surface area contributed by atoms with Crippen LogP contribution in [0.3, 0.4) is 0 Å². The number of carbonyl (C=O) groups is 1. The average Bonchev–Trinajstić information content (AvgIpc) is 3.44. The molecule has 0 spiro atoms. The summed E-state index contributed by atoms with van der Waals surface area (Å²) in [5, 5.41) is 0. The Hall–Kier alpha value is -3.50. The van der Waals surface area contributed by atoms with Crippen molar-refractivity contribution < 1.29 is 26.9 Å². The Balaban J connectivity index is 1.29. The van der Waals surface area contributed by atoms with Gasteiger partial charge < -0.3 is 9.47 Å². The van der Waals surface area contributed by atoms with Gasteiger partial charge in [-0.2, -0.15) is 0 Å². The number of fused-ring (bicyclic) bond motifs is 1. The van der Waals surface area contributed by atoms with Crippen molar-refractivity contribution in [3.8, 4) is 22.8 Å². The second-order valence-electron chi connectivity index (χ2n) is 9.40. The zero-order valence-electron chi connectivity index (χ0n) is 21.1. The van der Waals surface area contributed by atoms with Gasteiger partial charge in [-0.15, -0.1) is 0 Å². The molecule has 1 amide bonds. The number of nitrogens with zero attached hydrogens (tertiary/aromatic N) is 1. The van der Waals surface area contributed by atoms with E-state index in [2.05, 4.69) is 21.8 Å². The van der Waals surface area contributed by atoms with Crippen molar-refractivity contribution >= 4 is 31.6 Å². The molecule has 2 aromatic carbocycles. The molecule has 1 aliphatic heterocycles. The minimum atomic E-state index is -3.01. The summed E-state index contributed by atoms with van der Waals surface area (Å²) < 4.78 is 49.0. The third-order valence-electron chi connectivity index (χ3n) is 6.55. The van der Waals surface area contributed by atoms with Crippen LogP contribution in [0.5, 0.6) is 11.6 Å². The fourth-order valence-corrected chi connectivity index (χ4v) is 6.35. The van der Waals surface area contributed by atoms with Crippen LogP contribution in [0.15, 0.2) is 60.7 Å². The Labute approximate surface area is 224 Å². The Morgan fingerprint density at radius 1 is 1.08 bits per heavy atom. The number of ether oxygens (including phenoxy) is 2. The number of amides is 1. The average molecular weight is 553 g/mol. The smallest absolute Gasteiger partial charge is 0.257 e. The second kappa shape index (κ2) is 10.7. The molecule has 0 radical (unpaired) electrons. The molecule has 10 heteroatoms. The molecule has 5 rings (SSSR count). The normalized spacial score (nSPS) is 18.6. The molecule has 2 atom stereocenters. The maximum absolute atomic E-state index is 12.0. The molecule has 0 saturated carbocycles. The third-order valence-corrected chi connectivity index (χ3v) is 8.72. The summed E-state index contributed by atoms with van der Waals surface area (Å²) in [5.41, 5.74) is 6.07. The highest BCUT2D eigenvalue weighted by atomic mass is 32.2. The number of hydrogen-bond donors (Lipinski definition) is 1. The first-order chi connectivity index (χ1) is 18.2. The van der Waals surface area contributed by atoms with E-state index in [-0.39, 0.29) is 17.8 Å². The second-order valence-corrected chi connectivity index (χ2v) is 12.8. The van der Waals surface area contributed by atoms with Crippen LogP contribution in [0, 0.1) is 6.92 Å². The monoisotopic (exact) mass is 552 g/mol. The highest BCUT2D eigenvalue weighted by Crippen LogP contribution is 2.41. The van der Waals surface area contributed by atoms with E-state index in [4.69, 9.17) is 9.47 Å². The molecule has 3 aromatic rings. The molecule has 1 unspecified atom stereocenters. The minimum absolute atomic E-state index is 0.0884. The summed E-state index contributed by atoms with van der Waals surface area (Å²) in [6.45, 7) is 2.24. The van der Waals surface area contributed by atoms with Crippen molar-refractivity contribution in [1.29, 1.82) is 0 Å². The van der Waals surface area contributed by atoms with Gasteiger partial charge in [-0.3, -0.25) is 9.52 Å². The maximum atomic E-state index is 12.0. The van der Waals surface area contributed by atoms with Crippen LogP contribution in [-0.2, 0) is 32.0 Å². The van der Waals surface area contributed by atoms with Crippen molar-refractivity contribution in [2.75, 3.05) is 18.6 Å². The van der Waals surface area contributed by atoms with E-state index < -0.39 is 20.8 Å². The van der Waals surface area contributed by atoms with E-state index in [0.29, 0.717) is 35.1 Å². The summed E-state index contributed by atoms with van der Waals surface area (Å²) in [5.74, 6) is 0.921. The number of rotatable bonds is 9. The van der Waals surface area contributed by atoms with Gasteiger partial charge in [0.15, 0.2) is 11.0 Å². The van der Waals surface area contributed by atoms with Gasteiger partial charge in [0.1, 0.15) is 21.7 Å². The van der Waals surface area contributed by atoms with Crippen molar-refractivity contribution in [3.05, 3.63) is 83.1 Å². The zero-order valence-corrected chi connectivity index (χ0v) is 22.7. The summed E-state index contributed by atoms with van der Waals surface area (Å²) >= 11 is 0. The predicted octanol–water partition coefficient (Wildman–Crippen LogP) is 4.07. The molecule has 38 heavy (non-hydrogen) atoms. The molecule has 1 N–H and O–H groups in total. The lowest BCUT2D eigenvalue weighted by atomic mass is 9.96. The van der Waals surface area contributed by atoms with E-state index in [1.807, 2.05) is 49.4 Å². The first kappa shape index (κ1) is 26.1. The molecular formula is C28H28N2O6S2. The quantitative estimate of drug-likeness (QED) is 0.398. The van der Waals surface area contributed by atoms with E-state index in [9.17, 15) is 17.4 Å². The first-order valence-electron chi connectivity index (χ1n) is 12.3. The number of aryl methyl sites for hydroxylation is 1. The molecule has 198 valence electrons. The van der Waals surface area contributed by atoms with Gasteiger partial charge in [-0.1, -0.05) is 30.3 Å². The van der Waals surface area contributed by atoms with Crippen molar-refractivity contribution in [2.45, 2.75) is 32.3 Å². The maximum Gasteiger partial charge on any atom is 0.257 e. The number of benzene rings is 2. The number of carbonyl (C=O) groups excluding carboxylic acids is 1. The fraction of sp³-hybridized carbons (Fsp3) is 0.286. The predicted molar refractivity (Wildman–Crippen MR) is 147 cm³/mol. The molecule has 2 aliphatic rings. The fourth-order valence-electron chi connectivity index (χ4n) is 4.79. The number of pyridine rings is 1. The van der Waals surface area contributed by atoms with Gasteiger partial charge in [0.2, 0.25) is 5.88 Å². The minimum Gasteiger partial charge on any atom is -0.486 e. The molecule has 0 saturated heterocycles. The number of nitrogens with one attached hydrogen (secondary N) is 1. The van der Waals surface area contributed by atoms with Crippen molar-refractivity contribution in [1.82, 2.24) is 9.71 Å². The van der Waals surface area contributed by atoms with Gasteiger partial charge in [0.25, 0.3) is 5.91 Å². The standard InChI is InChI=1S/C28H28N2O6S2/c1-18-21(12-14-28(29-18)35-15-4-16-38(2,33)34)22-5-3-6-24-23(22)11-13-25(24)36-20-9-7-19(8-10-20)26-17-27(31)30-37(26)32/h3,5-10,12,14,17,25H,4,11,13,15-16H2,1-2H3,(H,30,31)/t25-,37?/m1/s1. The van der Waals surface area contributed by atoms with Gasteiger partial charge in [0, 0.05) is 29.7 Å². The lowest BCUT2D eigenvalue weighted by Gasteiger charge is -2.17. The largest absolute Gasteiger partial charge is 0.486 e. The van der Waals surface area contributed by atoms with Gasteiger partial charge in [0.05, 0.1) is 17.3 Å². The van der Waals surface area contributed by atoms with Crippen molar-refractivity contribution in [3.63, 3.8) is 0 Å². The number of hydrogen-bond acceptors (Lipinski definition) is 7. The van der Waals surface area contributed by atoms with E-state index in [0.717, 1.165) is 35.2 Å². The van der Waals surface area contributed by atoms with Crippen molar-refractivity contribution in [2.24, 2.45) is 0 Å². The van der Waals surface area contributed by atoms with E-state index >= 15 is 0 Å². The van der Waals surface area contributed by atoms with E-state index in [1.165, 1.54) is 17.9 Å². The van der Waals surface area contributed by atoms with Gasteiger partial charge in [-0.25, -0.2) is 17.6 Å². The van der Waals surface area contributed by atoms with Crippen LogP contribution in [0.25, 0.3) is 16.0 Å². The van der Waals surface area contributed by atoms with E-state index in [1.54, 1.807) is 0 Å². The van der Waals surface area contributed by atoms with Crippen LogP contribution in [0.2, 0.25) is 0 Å². The summed E-state index contributed by atoms with van der Waals surface area (Å²) in [6.07, 6.45) is 4.62. The van der Waals surface area contributed by atoms with Gasteiger partial charge >= 0.3 is 0 Å². The molecule has 1 aromatic heterocycles. The molecule has 2 heterocycles. The number of aromatic nitrogens is 1. The Bertz CT molecular complexity index is 1550. The highest BCUT2D eigenvalue weighted by Gasteiger charge is 2.27. The first-order valence-corrected chi connectivity index (χ1v) is 15.5. The number of sulfone groups is 1. The summed E-state index contributed by atoms with van der Waals surface area (Å²) in [7, 11) is -4.53. The Kier molecular flexibility index (Phi) is 7.36. The molecule has 8 nitrogen and oxygen atoms in total. The topological polar surface area (TPSA) is 112 Å². The lowest BCUT2D eigenvalue weighted by Crippen LogP contribution is -2.16. The summed E-state index contributed by atoms with van der Waals surface area (Å²) in [4.78, 5) is 16.5. The van der Waals surface area contributed by atoms with Gasteiger partial charge in [-0.05, 0) is 66.6 Å². The molecule has 0 fully saturated rings. The Morgan fingerprint density at radius 3 is 2.55 bits per heavy atom.